The van der Waals surface area contributed by atoms with E-state index in [2.05, 4.69) is 4.98 Å². The van der Waals surface area contributed by atoms with Gasteiger partial charge in [-0.05, 0) is 24.3 Å². The van der Waals surface area contributed by atoms with Gasteiger partial charge in [0.05, 0.1) is 5.69 Å². The van der Waals surface area contributed by atoms with Crippen molar-refractivity contribution in [3.05, 3.63) is 52.8 Å². The van der Waals surface area contributed by atoms with Crippen LogP contribution in [-0.4, -0.2) is 4.98 Å². The number of aromatic nitrogens is 1. The van der Waals surface area contributed by atoms with Crippen LogP contribution < -0.4 is 5.43 Å². The van der Waals surface area contributed by atoms with Crippen molar-refractivity contribution in [3.63, 3.8) is 0 Å². The second-order valence-corrected chi connectivity index (χ2v) is 2.52. The van der Waals surface area contributed by atoms with Gasteiger partial charge in [-0.3, -0.25) is 9.78 Å². The summed E-state index contributed by atoms with van der Waals surface area (Å²) in [5, 5.41) is 0. The SMILES string of the molecule is O=c1cccc2nccccc1-2. The van der Waals surface area contributed by atoms with Crippen molar-refractivity contribution in [2.45, 2.75) is 0 Å². The largest absolute Gasteiger partial charge is 0.289 e. The Labute approximate surface area is 69.9 Å². The van der Waals surface area contributed by atoms with Gasteiger partial charge in [-0.15, -0.1) is 0 Å². The van der Waals surface area contributed by atoms with Crippen LogP contribution in [0.25, 0.3) is 11.3 Å². The molecule has 0 amide bonds. The van der Waals surface area contributed by atoms with Crippen molar-refractivity contribution in [2.75, 3.05) is 0 Å². The van der Waals surface area contributed by atoms with Gasteiger partial charge in [0.2, 0.25) is 0 Å². The van der Waals surface area contributed by atoms with E-state index in [-0.39, 0.29) is 5.43 Å². The fraction of sp³-hybridized carbons (Fsp3) is 0. The van der Waals surface area contributed by atoms with Crippen LogP contribution in [0, 0.1) is 0 Å². The highest BCUT2D eigenvalue weighted by Crippen LogP contribution is 2.10. The number of fused-ring (bicyclic) bond motifs is 1. The predicted octanol–water partition coefficient (Wildman–Crippen LogP) is 1.55. The van der Waals surface area contributed by atoms with E-state index in [4.69, 9.17) is 0 Å². The molecule has 0 fully saturated rings. The first-order valence-electron chi connectivity index (χ1n) is 3.72. The molecule has 0 aromatic carbocycles. The van der Waals surface area contributed by atoms with Crippen LogP contribution in [0.4, 0.5) is 0 Å². The maximum Gasteiger partial charge on any atom is 0.188 e. The number of hydrogen-bond acceptors (Lipinski definition) is 2. The Bertz CT molecular complexity index is 425. The monoisotopic (exact) mass is 157 g/mol. The van der Waals surface area contributed by atoms with Crippen molar-refractivity contribution < 1.29 is 0 Å². The van der Waals surface area contributed by atoms with Crippen molar-refractivity contribution in [2.24, 2.45) is 0 Å². The van der Waals surface area contributed by atoms with Gasteiger partial charge in [-0.2, -0.15) is 0 Å². The van der Waals surface area contributed by atoms with E-state index in [1.807, 2.05) is 12.1 Å². The first kappa shape index (κ1) is 6.98. The molecule has 12 heavy (non-hydrogen) atoms. The van der Waals surface area contributed by atoms with Crippen LogP contribution in [-0.2, 0) is 0 Å². The van der Waals surface area contributed by atoms with Gasteiger partial charge in [-0.25, -0.2) is 0 Å². The number of rotatable bonds is 0. The number of benzene rings is 1. The normalized spacial score (nSPS) is 10.0. The van der Waals surface area contributed by atoms with Crippen molar-refractivity contribution in [3.8, 4) is 11.3 Å². The van der Waals surface area contributed by atoms with Gasteiger partial charge in [-0.1, -0.05) is 12.1 Å². The van der Waals surface area contributed by atoms with Crippen molar-refractivity contribution >= 4 is 0 Å². The quantitative estimate of drug-likeness (QED) is 0.580. The van der Waals surface area contributed by atoms with Crippen molar-refractivity contribution in [1.29, 1.82) is 0 Å². The lowest BCUT2D eigenvalue weighted by Gasteiger charge is -1.94. The molecule has 1 heterocycles. The Balaban J connectivity index is 2.88. The van der Waals surface area contributed by atoms with Crippen LogP contribution in [0.1, 0.15) is 0 Å². The summed E-state index contributed by atoms with van der Waals surface area (Å²) in [5.74, 6) is 0. The van der Waals surface area contributed by atoms with E-state index in [1.54, 1.807) is 30.5 Å². The van der Waals surface area contributed by atoms with E-state index in [1.165, 1.54) is 0 Å². The van der Waals surface area contributed by atoms with E-state index in [0.717, 1.165) is 5.69 Å². The zero-order valence-corrected chi connectivity index (χ0v) is 6.40. The van der Waals surface area contributed by atoms with E-state index < -0.39 is 0 Å². The standard InChI is InChI=1S/C10H7NO/c12-10-6-3-5-9-8(10)4-1-2-7-11-9/h1-7H. The third-order valence-corrected chi connectivity index (χ3v) is 1.72. The molecule has 0 unspecified atom stereocenters. The summed E-state index contributed by atoms with van der Waals surface area (Å²) >= 11 is 0. The maximum atomic E-state index is 11.3. The van der Waals surface area contributed by atoms with Crippen LogP contribution in [0.15, 0.2) is 47.4 Å². The van der Waals surface area contributed by atoms with Gasteiger partial charge in [0.15, 0.2) is 5.43 Å². The van der Waals surface area contributed by atoms with E-state index in [0.29, 0.717) is 5.56 Å². The molecule has 58 valence electrons. The molecule has 0 saturated heterocycles. The summed E-state index contributed by atoms with van der Waals surface area (Å²) in [5.41, 5.74) is 1.44. The van der Waals surface area contributed by atoms with Crippen LogP contribution >= 0.6 is 0 Å². The molecule has 0 aromatic rings. The average molecular weight is 157 g/mol. The fourth-order valence-corrected chi connectivity index (χ4v) is 1.14. The topological polar surface area (TPSA) is 30.0 Å². The zero-order chi connectivity index (χ0) is 8.39. The van der Waals surface area contributed by atoms with Crippen LogP contribution in [0.2, 0.25) is 0 Å². The number of nitrogens with zero attached hydrogens (tertiary/aromatic N) is 1. The first-order chi connectivity index (χ1) is 5.88. The third kappa shape index (κ3) is 1.07. The molecule has 0 N–H and O–H groups in total. The molecule has 0 aromatic heterocycles. The minimum absolute atomic E-state index is 0.0243. The van der Waals surface area contributed by atoms with E-state index >= 15 is 0 Å². The minimum Gasteiger partial charge on any atom is -0.289 e. The Hall–Kier alpha value is -1.70. The first-order valence-corrected chi connectivity index (χ1v) is 3.72. The highest BCUT2D eigenvalue weighted by molar-refractivity contribution is 5.58. The lowest BCUT2D eigenvalue weighted by atomic mass is 10.1. The second-order valence-electron chi connectivity index (χ2n) is 2.52. The van der Waals surface area contributed by atoms with Crippen molar-refractivity contribution in [1.82, 2.24) is 4.98 Å². The summed E-state index contributed by atoms with van der Waals surface area (Å²) in [7, 11) is 0. The van der Waals surface area contributed by atoms with Crippen LogP contribution in [0.3, 0.4) is 0 Å². The lowest BCUT2D eigenvalue weighted by Crippen LogP contribution is -2.01. The van der Waals surface area contributed by atoms with Crippen LogP contribution in [0.5, 0.6) is 0 Å². The molecule has 0 spiro atoms. The molecule has 0 radical (unpaired) electrons. The smallest absolute Gasteiger partial charge is 0.188 e. The van der Waals surface area contributed by atoms with Gasteiger partial charge < -0.3 is 0 Å². The van der Waals surface area contributed by atoms with Gasteiger partial charge in [0.1, 0.15) is 0 Å². The van der Waals surface area contributed by atoms with Gasteiger partial charge >= 0.3 is 0 Å². The molecule has 0 saturated carbocycles. The molecule has 1 aliphatic heterocycles. The molecule has 0 bridgehead atoms. The maximum absolute atomic E-state index is 11.3. The summed E-state index contributed by atoms with van der Waals surface area (Å²) in [6.07, 6.45) is 1.68. The summed E-state index contributed by atoms with van der Waals surface area (Å²) in [6, 6.07) is 10.5. The Kier molecular flexibility index (Phi) is 1.59. The third-order valence-electron chi connectivity index (χ3n) is 1.72. The number of hydrogen-bond donors (Lipinski definition) is 0. The average Bonchev–Trinajstić information content (AvgIpc) is 2.30. The Morgan fingerprint density at radius 2 is 1.92 bits per heavy atom. The zero-order valence-electron chi connectivity index (χ0n) is 6.40. The molecule has 1 aliphatic carbocycles. The summed E-state index contributed by atoms with van der Waals surface area (Å²) < 4.78 is 0. The highest BCUT2D eigenvalue weighted by atomic mass is 16.1. The molecule has 0 atom stereocenters. The molecule has 2 rings (SSSR count). The molecular weight excluding hydrogens is 150 g/mol. The summed E-state index contributed by atoms with van der Waals surface area (Å²) in [4.78, 5) is 15.4. The second kappa shape index (κ2) is 2.74. The Morgan fingerprint density at radius 3 is 2.83 bits per heavy atom. The van der Waals surface area contributed by atoms with Gasteiger partial charge in [0.25, 0.3) is 0 Å². The summed E-state index contributed by atoms with van der Waals surface area (Å²) in [6.45, 7) is 0. The molecule has 2 heteroatoms. The fourth-order valence-electron chi connectivity index (χ4n) is 1.14. The minimum atomic E-state index is 0.0243. The molecule has 2 nitrogen and oxygen atoms in total. The van der Waals surface area contributed by atoms with Gasteiger partial charge in [0, 0.05) is 11.8 Å². The Morgan fingerprint density at radius 1 is 1.00 bits per heavy atom. The molecule has 2 aliphatic rings. The lowest BCUT2D eigenvalue weighted by molar-refractivity contribution is 1.34. The molecular formula is C10H7NO. The van der Waals surface area contributed by atoms with E-state index in [9.17, 15) is 4.79 Å². The highest BCUT2D eigenvalue weighted by Gasteiger charge is 2.01. The predicted molar refractivity (Wildman–Crippen MR) is 47.1 cm³/mol.